The molecule has 2 aliphatic rings. The van der Waals surface area contributed by atoms with Gasteiger partial charge in [0.05, 0.1) is 6.04 Å². The summed E-state index contributed by atoms with van der Waals surface area (Å²) in [5.41, 5.74) is 0.474. The monoisotopic (exact) mass is 385 g/mol. The van der Waals surface area contributed by atoms with E-state index in [0.29, 0.717) is 38.9 Å². The lowest BCUT2D eigenvalue weighted by molar-refractivity contribution is 0.00908. The molecule has 0 bridgehead atoms. The predicted octanol–water partition coefficient (Wildman–Crippen LogP) is 2.12. The van der Waals surface area contributed by atoms with Gasteiger partial charge in [0.1, 0.15) is 19.3 Å². The molecule has 3 heterocycles. The van der Waals surface area contributed by atoms with Gasteiger partial charge in [-0.25, -0.2) is 14.6 Å². The lowest BCUT2D eigenvalue weighted by Crippen LogP contribution is -2.51. The maximum atomic E-state index is 12.9. The Morgan fingerprint density at radius 1 is 1.25 bits per heavy atom. The lowest BCUT2D eigenvalue weighted by atomic mass is 9.92. The highest BCUT2D eigenvalue weighted by atomic mass is 16.8. The fourth-order valence-corrected chi connectivity index (χ4v) is 3.65. The summed E-state index contributed by atoms with van der Waals surface area (Å²) in [6.07, 6.45) is 4.41. The van der Waals surface area contributed by atoms with Crippen molar-refractivity contribution in [1.29, 1.82) is 0 Å². The molecule has 2 aromatic rings. The first kappa shape index (κ1) is 18.3. The number of cyclic esters (lactones) is 1. The highest BCUT2D eigenvalue weighted by Crippen LogP contribution is 2.31. The van der Waals surface area contributed by atoms with Crippen molar-refractivity contribution in [3.63, 3.8) is 0 Å². The molecule has 1 atom stereocenters. The van der Waals surface area contributed by atoms with Crippen LogP contribution in [0.3, 0.4) is 0 Å². The predicted molar refractivity (Wildman–Crippen MR) is 98.3 cm³/mol. The molecule has 1 N–H and O–H groups in total. The number of aromatic nitrogens is 3. The van der Waals surface area contributed by atoms with Crippen molar-refractivity contribution in [2.75, 3.05) is 19.7 Å². The molecule has 1 spiro atoms. The minimum atomic E-state index is -0.616. The number of nitrogens with one attached hydrogen (secondary N) is 1. The van der Waals surface area contributed by atoms with E-state index in [0.717, 1.165) is 5.56 Å². The van der Waals surface area contributed by atoms with Crippen molar-refractivity contribution in [3.8, 4) is 0 Å². The van der Waals surface area contributed by atoms with Crippen LogP contribution in [-0.4, -0.2) is 57.1 Å². The number of ether oxygens (including phenoxy) is 2. The zero-order valence-electron chi connectivity index (χ0n) is 15.5. The van der Waals surface area contributed by atoms with E-state index in [2.05, 4.69) is 15.4 Å². The number of amides is 2. The standard InChI is InChI=1S/C19H23N5O4/c25-17(23-10-7-19(8-11-23)12-27-18(26)28-19)22-16(15-4-2-1-3-5-15)6-9-24-14-20-13-21-24/h1-5,13-14,16H,6-12H2,(H,22,25)/t16-/m1/s1. The fourth-order valence-electron chi connectivity index (χ4n) is 3.65. The van der Waals surface area contributed by atoms with E-state index >= 15 is 0 Å². The summed E-state index contributed by atoms with van der Waals surface area (Å²) in [7, 11) is 0. The van der Waals surface area contributed by atoms with Crippen molar-refractivity contribution in [3.05, 3.63) is 48.5 Å². The van der Waals surface area contributed by atoms with Crippen molar-refractivity contribution in [2.45, 2.75) is 37.5 Å². The SMILES string of the molecule is O=C1OCC2(CCN(C(=O)N[C@H](CCn3cncn3)c3ccccc3)CC2)O1. The van der Waals surface area contributed by atoms with E-state index in [1.807, 2.05) is 30.3 Å². The summed E-state index contributed by atoms with van der Waals surface area (Å²) < 4.78 is 12.0. The number of hydrogen-bond acceptors (Lipinski definition) is 6. The van der Waals surface area contributed by atoms with Crippen molar-refractivity contribution < 1.29 is 19.1 Å². The quantitative estimate of drug-likeness (QED) is 0.792. The smallest absolute Gasteiger partial charge is 0.430 e. The zero-order valence-corrected chi connectivity index (χ0v) is 15.5. The minimum absolute atomic E-state index is 0.118. The Balaban J connectivity index is 1.37. The van der Waals surface area contributed by atoms with E-state index in [-0.39, 0.29) is 18.7 Å². The first-order valence-electron chi connectivity index (χ1n) is 9.42. The first-order chi connectivity index (χ1) is 13.6. The molecule has 148 valence electrons. The highest BCUT2D eigenvalue weighted by molar-refractivity contribution is 5.75. The molecule has 2 fully saturated rings. The molecule has 9 heteroatoms. The van der Waals surface area contributed by atoms with Gasteiger partial charge in [-0.15, -0.1) is 0 Å². The molecule has 1 aromatic carbocycles. The third-order valence-corrected chi connectivity index (χ3v) is 5.33. The second-order valence-corrected chi connectivity index (χ2v) is 7.17. The molecule has 9 nitrogen and oxygen atoms in total. The number of aryl methyl sites for hydroxylation is 1. The van der Waals surface area contributed by atoms with Gasteiger partial charge in [-0.1, -0.05) is 30.3 Å². The molecule has 2 aliphatic heterocycles. The topological polar surface area (TPSA) is 98.6 Å². The summed E-state index contributed by atoms with van der Waals surface area (Å²) in [5, 5.41) is 7.27. The normalized spacial score (nSPS) is 19.1. The third-order valence-electron chi connectivity index (χ3n) is 5.33. The van der Waals surface area contributed by atoms with Crippen molar-refractivity contribution in [2.24, 2.45) is 0 Å². The summed E-state index contributed by atoms with van der Waals surface area (Å²) >= 11 is 0. The molecular weight excluding hydrogens is 362 g/mol. The number of urea groups is 1. The highest BCUT2D eigenvalue weighted by Gasteiger charge is 2.45. The number of benzene rings is 1. The largest absolute Gasteiger partial charge is 0.509 e. The molecule has 0 aliphatic carbocycles. The van der Waals surface area contributed by atoms with Gasteiger partial charge in [-0.3, -0.25) is 4.68 Å². The summed E-state index contributed by atoms with van der Waals surface area (Å²) in [4.78, 5) is 29.8. The van der Waals surface area contributed by atoms with Gasteiger partial charge in [-0.05, 0) is 12.0 Å². The Bertz CT molecular complexity index is 803. The van der Waals surface area contributed by atoms with Gasteiger partial charge in [0.15, 0.2) is 5.60 Å². The molecule has 2 amide bonds. The van der Waals surface area contributed by atoms with Crippen LogP contribution in [0.25, 0.3) is 0 Å². The number of hydrogen-bond donors (Lipinski definition) is 1. The average molecular weight is 385 g/mol. The van der Waals surface area contributed by atoms with Gasteiger partial charge < -0.3 is 19.7 Å². The molecule has 1 aromatic heterocycles. The van der Waals surface area contributed by atoms with Crippen molar-refractivity contribution >= 4 is 12.2 Å². The molecule has 2 saturated heterocycles. The van der Waals surface area contributed by atoms with Gasteiger partial charge in [-0.2, -0.15) is 5.10 Å². The van der Waals surface area contributed by atoms with E-state index in [1.54, 1.807) is 15.9 Å². The number of rotatable bonds is 5. The van der Waals surface area contributed by atoms with Gasteiger partial charge >= 0.3 is 12.2 Å². The summed E-state index contributed by atoms with van der Waals surface area (Å²) in [6.45, 7) is 1.96. The van der Waals surface area contributed by atoms with E-state index < -0.39 is 11.8 Å². The second kappa shape index (κ2) is 7.87. The number of carbonyl (C=O) groups excluding carboxylic acids is 2. The number of piperidine rings is 1. The Morgan fingerprint density at radius 3 is 2.68 bits per heavy atom. The van der Waals surface area contributed by atoms with Crippen LogP contribution in [0, 0.1) is 0 Å². The number of carbonyl (C=O) groups is 2. The molecular formula is C19H23N5O4. The van der Waals surface area contributed by atoms with E-state index in [1.165, 1.54) is 6.33 Å². The molecule has 0 radical (unpaired) electrons. The summed E-state index contributed by atoms with van der Waals surface area (Å²) in [5.74, 6) is 0. The van der Waals surface area contributed by atoms with Crippen LogP contribution in [0.4, 0.5) is 9.59 Å². The maximum Gasteiger partial charge on any atom is 0.509 e. The Morgan fingerprint density at radius 2 is 2.04 bits per heavy atom. The van der Waals surface area contributed by atoms with Crippen molar-refractivity contribution in [1.82, 2.24) is 25.0 Å². The fraction of sp³-hybridized carbons (Fsp3) is 0.474. The van der Waals surface area contributed by atoms with E-state index in [4.69, 9.17) is 9.47 Å². The van der Waals surface area contributed by atoms with Gasteiger partial charge in [0, 0.05) is 32.5 Å². The van der Waals surface area contributed by atoms with Crippen LogP contribution >= 0.6 is 0 Å². The molecule has 0 unspecified atom stereocenters. The Labute approximate surface area is 162 Å². The lowest BCUT2D eigenvalue weighted by Gasteiger charge is -2.37. The molecule has 28 heavy (non-hydrogen) atoms. The van der Waals surface area contributed by atoms with E-state index in [9.17, 15) is 9.59 Å². The minimum Gasteiger partial charge on any atom is -0.430 e. The first-order valence-corrected chi connectivity index (χ1v) is 9.42. The number of likely N-dealkylation sites (tertiary alicyclic amines) is 1. The van der Waals surface area contributed by atoms with Gasteiger partial charge in [0.25, 0.3) is 0 Å². The van der Waals surface area contributed by atoms with Crippen LogP contribution in [0.2, 0.25) is 0 Å². The summed E-state index contributed by atoms with van der Waals surface area (Å²) in [6, 6.07) is 9.63. The zero-order chi connectivity index (χ0) is 19.4. The van der Waals surface area contributed by atoms with Crippen LogP contribution < -0.4 is 5.32 Å². The molecule has 0 saturated carbocycles. The number of nitrogens with zero attached hydrogens (tertiary/aromatic N) is 4. The van der Waals surface area contributed by atoms with Crippen LogP contribution in [0.5, 0.6) is 0 Å². The third kappa shape index (κ3) is 4.08. The second-order valence-electron chi connectivity index (χ2n) is 7.17. The molecule has 4 rings (SSSR count). The maximum absolute atomic E-state index is 12.9. The Kier molecular flexibility index (Phi) is 5.14. The van der Waals surface area contributed by atoms with Crippen LogP contribution in [0.1, 0.15) is 30.9 Å². The van der Waals surface area contributed by atoms with Crippen LogP contribution in [-0.2, 0) is 16.0 Å². The van der Waals surface area contributed by atoms with Gasteiger partial charge in [0.2, 0.25) is 0 Å². The van der Waals surface area contributed by atoms with Crippen LogP contribution in [0.15, 0.2) is 43.0 Å². The average Bonchev–Trinajstić information content (AvgIpc) is 3.36. The Hall–Kier alpha value is -3.10.